The van der Waals surface area contributed by atoms with Crippen LogP contribution in [0.1, 0.15) is 39.1 Å². The summed E-state index contributed by atoms with van der Waals surface area (Å²) in [7, 11) is 0. The maximum absolute atomic E-state index is 12.7. The summed E-state index contributed by atoms with van der Waals surface area (Å²) in [5, 5.41) is 8.79. The number of amides is 1. The van der Waals surface area contributed by atoms with E-state index in [-0.39, 0.29) is 17.2 Å². The number of hydrogen-bond acceptors (Lipinski definition) is 5. The van der Waals surface area contributed by atoms with Gasteiger partial charge < -0.3 is 5.32 Å². The highest BCUT2D eigenvalue weighted by Gasteiger charge is 2.19. The molecule has 6 nitrogen and oxygen atoms in total. The zero-order valence-corrected chi connectivity index (χ0v) is 16.2. The molecule has 0 bridgehead atoms. The number of aryl methyl sites for hydroxylation is 1. The van der Waals surface area contributed by atoms with E-state index >= 15 is 0 Å². The number of anilines is 1. The number of rotatable bonds is 6. The molecular weight excluding hydrogens is 346 g/mol. The van der Waals surface area contributed by atoms with Crippen molar-refractivity contribution in [2.45, 2.75) is 50.4 Å². The van der Waals surface area contributed by atoms with Gasteiger partial charge >= 0.3 is 0 Å². The molecule has 3 aromatic rings. The van der Waals surface area contributed by atoms with E-state index in [0.29, 0.717) is 5.82 Å². The summed E-state index contributed by atoms with van der Waals surface area (Å²) < 4.78 is 1.85. The Labute approximate surface area is 157 Å². The van der Waals surface area contributed by atoms with Crippen LogP contribution in [0.2, 0.25) is 0 Å². The molecule has 0 aliphatic rings. The fourth-order valence-electron chi connectivity index (χ4n) is 2.63. The molecule has 0 radical (unpaired) electrons. The summed E-state index contributed by atoms with van der Waals surface area (Å²) >= 11 is 1.44. The molecular formula is C19H23N5OS. The van der Waals surface area contributed by atoms with Crippen molar-refractivity contribution in [3.63, 3.8) is 0 Å². The van der Waals surface area contributed by atoms with Gasteiger partial charge in [-0.3, -0.25) is 4.79 Å². The first-order valence-corrected chi connectivity index (χ1v) is 9.62. The van der Waals surface area contributed by atoms with Crippen LogP contribution in [0.4, 0.5) is 5.82 Å². The van der Waals surface area contributed by atoms with Crippen molar-refractivity contribution < 1.29 is 4.79 Å². The zero-order chi connectivity index (χ0) is 18.7. The number of carbonyl (C=O) groups is 1. The number of fused-ring (bicyclic) bond motifs is 1. The minimum Gasteiger partial charge on any atom is -0.310 e. The number of nitrogens with one attached hydrogen (secondary N) is 1. The standard InChI is InChI=1S/C19H23N5OS/c1-5-12(2)24-17(10-11-20-24)23-18(25)13(3)26-19-15-8-6-7-9-16(15)21-14(4)22-19/h6-13H,5H2,1-4H3,(H,23,25)/t12-,13+/m0/s1. The van der Waals surface area contributed by atoms with Gasteiger partial charge in [-0.05, 0) is 33.3 Å². The van der Waals surface area contributed by atoms with Crippen molar-refractivity contribution in [1.29, 1.82) is 0 Å². The average molecular weight is 369 g/mol. The molecule has 136 valence electrons. The Morgan fingerprint density at radius 1 is 1.23 bits per heavy atom. The van der Waals surface area contributed by atoms with Gasteiger partial charge in [-0.15, -0.1) is 0 Å². The van der Waals surface area contributed by atoms with Crippen molar-refractivity contribution in [2.24, 2.45) is 0 Å². The highest BCUT2D eigenvalue weighted by molar-refractivity contribution is 8.00. The number of thioether (sulfide) groups is 1. The van der Waals surface area contributed by atoms with Gasteiger partial charge in [-0.2, -0.15) is 5.10 Å². The highest BCUT2D eigenvalue weighted by atomic mass is 32.2. The average Bonchev–Trinajstić information content (AvgIpc) is 3.08. The van der Waals surface area contributed by atoms with E-state index in [4.69, 9.17) is 0 Å². The lowest BCUT2D eigenvalue weighted by molar-refractivity contribution is -0.115. The van der Waals surface area contributed by atoms with Gasteiger partial charge in [0.15, 0.2) is 0 Å². The summed E-state index contributed by atoms with van der Waals surface area (Å²) in [4.78, 5) is 21.7. The van der Waals surface area contributed by atoms with E-state index in [9.17, 15) is 4.79 Å². The molecule has 2 atom stereocenters. The molecule has 0 saturated heterocycles. The summed E-state index contributed by atoms with van der Waals surface area (Å²) in [6, 6.07) is 9.92. The number of para-hydroxylation sites is 1. The molecule has 2 heterocycles. The zero-order valence-electron chi connectivity index (χ0n) is 15.4. The van der Waals surface area contributed by atoms with Crippen LogP contribution in [-0.2, 0) is 4.79 Å². The van der Waals surface area contributed by atoms with Gasteiger partial charge in [0.1, 0.15) is 16.7 Å². The first kappa shape index (κ1) is 18.4. The van der Waals surface area contributed by atoms with Crippen LogP contribution in [-0.4, -0.2) is 30.9 Å². The lowest BCUT2D eigenvalue weighted by Crippen LogP contribution is -2.25. The van der Waals surface area contributed by atoms with Crippen LogP contribution in [0.25, 0.3) is 10.9 Å². The largest absolute Gasteiger partial charge is 0.310 e. The Bertz CT molecular complexity index is 923. The van der Waals surface area contributed by atoms with E-state index in [2.05, 4.69) is 34.2 Å². The predicted molar refractivity (Wildman–Crippen MR) is 105 cm³/mol. The van der Waals surface area contributed by atoms with E-state index in [1.807, 2.05) is 48.9 Å². The molecule has 0 spiro atoms. The first-order chi connectivity index (χ1) is 12.5. The molecule has 2 aromatic heterocycles. The third-order valence-electron chi connectivity index (χ3n) is 4.27. The smallest absolute Gasteiger partial charge is 0.238 e. The highest BCUT2D eigenvalue weighted by Crippen LogP contribution is 2.29. The van der Waals surface area contributed by atoms with Gasteiger partial charge in [-0.25, -0.2) is 14.6 Å². The van der Waals surface area contributed by atoms with Crippen LogP contribution in [0.3, 0.4) is 0 Å². The van der Waals surface area contributed by atoms with Crippen molar-refractivity contribution in [1.82, 2.24) is 19.7 Å². The van der Waals surface area contributed by atoms with Gasteiger partial charge in [0.2, 0.25) is 5.91 Å². The lowest BCUT2D eigenvalue weighted by Gasteiger charge is -2.16. The monoisotopic (exact) mass is 369 g/mol. The number of benzene rings is 1. The Hall–Kier alpha value is -2.41. The molecule has 26 heavy (non-hydrogen) atoms. The third-order valence-corrected chi connectivity index (χ3v) is 5.37. The predicted octanol–water partition coefficient (Wildman–Crippen LogP) is 4.23. The van der Waals surface area contributed by atoms with Crippen LogP contribution in [0, 0.1) is 6.92 Å². The normalized spacial score (nSPS) is 13.5. The van der Waals surface area contributed by atoms with E-state index in [1.54, 1.807) is 6.20 Å². The summed E-state index contributed by atoms with van der Waals surface area (Å²) in [5.74, 6) is 1.36. The molecule has 7 heteroatoms. The number of nitrogens with zero attached hydrogens (tertiary/aromatic N) is 4. The second-order valence-electron chi connectivity index (χ2n) is 6.26. The van der Waals surface area contributed by atoms with Crippen molar-refractivity contribution in [3.05, 3.63) is 42.4 Å². The van der Waals surface area contributed by atoms with Crippen LogP contribution in [0.5, 0.6) is 0 Å². The maximum atomic E-state index is 12.7. The van der Waals surface area contributed by atoms with Crippen molar-refractivity contribution >= 4 is 34.4 Å². The Balaban J connectivity index is 1.78. The molecule has 0 saturated carbocycles. The summed E-state index contributed by atoms with van der Waals surface area (Å²) in [6.45, 7) is 7.93. The molecule has 3 rings (SSSR count). The second kappa shape index (κ2) is 7.86. The Morgan fingerprint density at radius 3 is 2.77 bits per heavy atom. The minimum absolute atomic E-state index is 0.0691. The van der Waals surface area contributed by atoms with E-state index in [0.717, 1.165) is 28.2 Å². The van der Waals surface area contributed by atoms with Gasteiger partial charge in [0, 0.05) is 11.5 Å². The van der Waals surface area contributed by atoms with Gasteiger partial charge in [0.05, 0.1) is 23.0 Å². The lowest BCUT2D eigenvalue weighted by atomic mass is 10.2. The van der Waals surface area contributed by atoms with E-state index < -0.39 is 0 Å². The van der Waals surface area contributed by atoms with Gasteiger partial charge in [0.25, 0.3) is 0 Å². The fraction of sp³-hybridized carbons (Fsp3) is 0.368. The topological polar surface area (TPSA) is 72.7 Å². The summed E-state index contributed by atoms with van der Waals surface area (Å²) in [5.41, 5.74) is 0.893. The number of aromatic nitrogens is 4. The van der Waals surface area contributed by atoms with E-state index in [1.165, 1.54) is 11.8 Å². The molecule has 1 amide bonds. The maximum Gasteiger partial charge on any atom is 0.238 e. The fourth-order valence-corrected chi connectivity index (χ4v) is 3.62. The van der Waals surface area contributed by atoms with Gasteiger partial charge in [-0.1, -0.05) is 36.9 Å². The summed E-state index contributed by atoms with van der Waals surface area (Å²) in [6.07, 6.45) is 2.65. The molecule has 1 aromatic carbocycles. The van der Waals surface area contributed by atoms with Crippen LogP contribution in [0.15, 0.2) is 41.6 Å². The molecule has 1 N–H and O–H groups in total. The molecule has 0 aliphatic heterocycles. The number of hydrogen-bond donors (Lipinski definition) is 1. The Kier molecular flexibility index (Phi) is 5.56. The first-order valence-electron chi connectivity index (χ1n) is 8.74. The molecule has 0 fully saturated rings. The quantitative estimate of drug-likeness (QED) is 0.520. The van der Waals surface area contributed by atoms with Crippen LogP contribution >= 0.6 is 11.8 Å². The molecule has 0 unspecified atom stereocenters. The van der Waals surface area contributed by atoms with Crippen molar-refractivity contribution in [2.75, 3.05) is 5.32 Å². The van der Waals surface area contributed by atoms with Crippen LogP contribution < -0.4 is 5.32 Å². The number of carbonyl (C=O) groups excluding carboxylic acids is 1. The minimum atomic E-state index is -0.298. The molecule has 0 aliphatic carbocycles. The van der Waals surface area contributed by atoms with Crippen molar-refractivity contribution in [3.8, 4) is 0 Å². The third kappa shape index (κ3) is 3.88. The second-order valence-corrected chi connectivity index (χ2v) is 7.59. The Morgan fingerprint density at radius 2 is 2.00 bits per heavy atom. The SMILES string of the molecule is CC[C@H](C)n1nccc1NC(=O)[C@@H](C)Sc1nc(C)nc2ccccc12.